The number of hydrogen-bond donors (Lipinski definition) is 4. The van der Waals surface area contributed by atoms with Gasteiger partial charge in [0, 0.05) is 6.20 Å². The number of aromatic nitrogens is 1. The number of carboxylic acids is 2. The summed E-state index contributed by atoms with van der Waals surface area (Å²) in [6, 6.07) is 1.59. The van der Waals surface area contributed by atoms with Gasteiger partial charge in [-0.25, -0.2) is 4.79 Å². The Kier molecular flexibility index (Phi) is 3.65. The van der Waals surface area contributed by atoms with Gasteiger partial charge in [0.15, 0.2) is 0 Å². The van der Waals surface area contributed by atoms with Crippen molar-refractivity contribution in [2.45, 2.75) is 12.5 Å². The minimum absolute atomic E-state index is 0.177. The van der Waals surface area contributed by atoms with Gasteiger partial charge in [-0.15, -0.1) is 0 Å². The first kappa shape index (κ1) is 11.8. The Bertz CT molecular complexity index is 398. The van der Waals surface area contributed by atoms with Crippen LogP contribution in [0.1, 0.15) is 16.9 Å². The van der Waals surface area contributed by atoms with E-state index in [4.69, 9.17) is 10.2 Å². The van der Waals surface area contributed by atoms with Crippen LogP contribution in [0.5, 0.6) is 0 Å². The number of carbonyl (C=O) groups excluding carboxylic acids is 1. The van der Waals surface area contributed by atoms with Gasteiger partial charge in [-0.3, -0.25) is 9.59 Å². The third kappa shape index (κ3) is 3.12. The zero-order valence-electron chi connectivity index (χ0n) is 8.14. The van der Waals surface area contributed by atoms with Gasteiger partial charge < -0.3 is 20.5 Å². The fourth-order valence-corrected chi connectivity index (χ4v) is 1.08. The molecule has 0 saturated heterocycles. The van der Waals surface area contributed by atoms with Crippen LogP contribution < -0.4 is 5.32 Å². The third-order valence-corrected chi connectivity index (χ3v) is 1.82. The van der Waals surface area contributed by atoms with E-state index >= 15 is 0 Å². The highest BCUT2D eigenvalue weighted by molar-refractivity contribution is 5.95. The summed E-state index contributed by atoms with van der Waals surface area (Å²) < 4.78 is 0. The summed E-state index contributed by atoms with van der Waals surface area (Å²) in [4.78, 5) is 35.0. The van der Waals surface area contributed by atoms with Crippen molar-refractivity contribution < 1.29 is 24.6 Å². The Labute approximate surface area is 90.1 Å². The summed E-state index contributed by atoms with van der Waals surface area (Å²) in [5.41, 5.74) is 0.177. The predicted molar refractivity (Wildman–Crippen MR) is 51.9 cm³/mol. The Morgan fingerprint density at radius 2 is 2.06 bits per heavy atom. The van der Waals surface area contributed by atoms with Gasteiger partial charge in [0.25, 0.3) is 5.91 Å². The second-order valence-electron chi connectivity index (χ2n) is 3.05. The monoisotopic (exact) mass is 226 g/mol. The molecule has 0 fully saturated rings. The molecule has 0 saturated carbocycles. The lowest BCUT2D eigenvalue weighted by atomic mass is 10.2. The molecule has 1 amide bonds. The molecule has 1 aromatic heterocycles. The number of carboxylic acid groups (broad SMARTS) is 2. The first-order valence-corrected chi connectivity index (χ1v) is 4.39. The number of amides is 1. The van der Waals surface area contributed by atoms with Gasteiger partial charge in [0.2, 0.25) is 0 Å². The van der Waals surface area contributed by atoms with Crippen molar-refractivity contribution in [3.8, 4) is 0 Å². The SMILES string of the molecule is O=C(O)CC(NC(=O)c1ccc[nH]1)C(=O)O. The van der Waals surface area contributed by atoms with Crippen LogP contribution >= 0.6 is 0 Å². The zero-order chi connectivity index (χ0) is 12.1. The molecule has 1 atom stereocenters. The minimum Gasteiger partial charge on any atom is -0.481 e. The highest BCUT2D eigenvalue weighted by atomic mass is 16.4. The molecular formula is C9H10N2O5. The van der Waals surface area contributed by atoms with E-state index in [1.54, 1.807) is 6.07 Å². The molecular weight excluding hydrogens is 216 g/mol. The molecule has 4 N–H and O–H groups in total. The molecule has 1 unspecified atom stereocenters. The summed E-state index contributed by atoms with van der Waals surface area (Å²) >= 11 is 0. The molecule has 0 spiro atoms. The average molecular weight is 226 g/mol. The molecule has 0 aromatic carbocycles. The summed E-state index contributed by atoms with van der Waals surface area (Å²) in [6.07, 6.45) is 0.837. The number of rotatable bonds is 5. The predicted octanol–water partition coefficient (Wildman–Crippen LogP) is -0.328. The summed E-state index contributed by atoms with van der Waals surface area (Å²) in [7, 11) is 0. The van der Waals surface area contributed by atoms with E-state index in [1.165, 1.54) is 12.3 Å². The maximum atomic E-state index is 11.4. The molecule has 16 heavy (non-hydrogen) atoms. The molecule has 0 aliphatic heterocycles. The first-order valence-electron chi connectivity index (χ1n) is 4.39. The van der Waals surface area contributed by atoms with Crippen LogP contribution in [0.25, 0.3) is 0 Å². The van der Waals surface area contributed by atoms with E-state index in [-0.39, 0.29) is 5.69 Å². The summed E-state index contributed by atoms with van der Waals surface area (Å²) in [6.45, 7) is 0. The maximum absolute atomic E-state index is 11.4. The highest BCUT2D eigenvalue weighted by Gasteiger charge is 2.23. The molecule has 7 heteroatoms. The second kappa shape index (κ2) is 4.96. The number of carbonyl (C=O) groups is 3. The lowest BCUT2D eigenvalue weighted by Gasteiger charge is -2.11. The molecule has 0 radical (unpaired) electrons. The fourth-order valence-electron chi connectivity index (χ4n) is 1.08. The molecule has 7 nitrogen and oxygen atoms in total. The summed E-state index contributed by atoms with van der Waals surface area (Å²) in [5, 5.41) is 19.2. The van der Waals surface area contributed by atoms with Crippen molar-refractivity contribution in [3.05, 3.63) is 24.0 Å². The van der Waals surface area contributed by atoms with Gasteiger partial charge in [-0.05, 0) is 12.1 Å². The largest absolute Gasteiger partial charge is 0.481 e. The van der Waals surface area contributed by atoms with Crippen LogP contribution in [0, 0.1) is 0 Å². The van der Waals surface area contributed by atoms with Gasteiger partial charge >= 0.3 is 11.9 Å². The van der Waals surface area contributed by atoms with Crippen LogP contribution in [0.4, 0.5) is 0 Å². The van der Waals surface area contributed by atoms with Crippen molar-refractivity contribution in [1.29, 1.82) is 0 Å². The van der Waals surface area contributed by atoms with E-state index in [1.807, 2.05) is 0 Å². The molecule has 1 aromatic rings. The van der Waals surface area contributed by atoms with Crippen LogP contribution in [0.2, 0.25) is 0 Å². The molecule has 0 aliphatic carbocycles. The molecule has 1 heterocycles. The van der Waals surface area contributed by atoms with E-state index in [0.717, 1.165) is 0 Å². The minimum atomic E-state index is -1.44. The van der Waals surface area contributed by atoms with E-state index in [0.29, 0.717) is 0 Å². The Hall–Kier alpha value is -2.31. The van der Waals surface area contributed by atoms with Crippen LogP contribution in [-0.2, 0) is 9.59 Å². The number of aromatic amines is 1. The number of H-pyrrole nitrogens is 1. The number of aliphatic carboxylic acids is 2. The van der Waals surface area contributed by atoms with Crippen molar-refractivity contribution in [2.75, 3.05) is 0 Å². The topological polar surface area (TPSA) is 119 Å². The molecule has 86 valence electrons. The highest BCUT2D eigenvalue weighted by Crippen LogP contribution is 1.98. The van der Waals surface area contributed by atoms with Gasteiger partial charge in [-0.1, -0.05) is 0 Å². The average Bonchev–Trinajstić information content (AvgIpc) is 2.68. The van der Waals surface area contributed by atoms with Crippen LogP contribution in [0.3, 0.4) is 0 Å². The lowest BCUT2D eigenvalue weighted by Crippen LogP contribution is -2.42. The Morgan fingerprint density at radius 3 is 2.50 bits per heavy atom. The van der Waals surface area contributed by atoms with Crippen molar-refractivity contribution in [3.63, 3.8) is 0 Å². The quantitative estimate of drug-likeness (QED) is 0.548. The first-order chi connectivity index (χ1) is 7.50. The van der Waals surface area contributed by atoms with Crippen LogP contribution in [-0.4, -0.2) is 39.1 Å². The standard InChI is InChI=1S/C9H10N2O5/c12-7(13)4-6(9(15)16)11-8(14)5-2-1-3-10-5/h1-3,6,10H,4H2,(H,11,14)(H,12,13)(H,15,16). The molecule has 0 aliphatic rings. The van der Waals surface area contributed by atoms with Crippen molar-refractivity contribution in [1.82, 2.24) is 10.3 Å². The van der Waals surface area contributed by atoms with Gasteiger partial charge in [-0.2, -0.15) is 0 Å². The Morgan fingerprint density at radius 1 is 1.38 bits per heavy atom. The third-order valence-electron chi connectivity index (χ3n) is 1.82. The van der Waals surface area contributed by atoms with Gasteiger partial charge in [0.05, 0.1) is 6.42 Å². The fraction of sp³-hybridized carbons (Fsp3) is 0.222. The van der Waals surface area contributed by atoms with Gasteiger partial charge in [0.1, 0.15) is 11.7 Å². The van der Waals surface area contributed by atoms with E-state index < -0.39 is 30.3 Å². The lowest BCUT2D eigenvalue weighted by molar-refractivity contribution is -0.145. The maximum Gasteiger partial charge on any atom is 0.326 e. The van der Waals surface area contributed by atoms with Crippen molar-refractivity contribution >= 4 is 17.8 Å². The normalized spacial score (nSPS) is 11.8. The zero-order valence-corrected chi connectivity index (χ0v) is 8.14. The molecule has 0 bridgehead atoms. The molecule has 1 rings (SSSR count). The van der Waals surface area contributed by atoms with E-state index in [9.17, 15) is 14.4 Å². The van der Waals surface area contributed by atoms with Crippen molar-refractivity contribution in [2.24, 2.45) is 0 Å². The van der Waals surface area contributed by atoms with Crippen LogP contribution in [0.15, 0.2) is 18.3 Å². The second-order valence-corrected chi connectivity index (χ2v) is 3.05. The number of hydrogen-bond acceptors (Lipinski definition) is 3. The summed E-state index contributed by atoms with van der Waals surface area (Å²) in [5.74, 6) is -3.33. The number of nitrogens with one attached hydrogen (secondary N) is 2. The van der Waals surface area contributed by atoms with E-state index in [2.05, 4.69) is 10.3 Å². The smallest absolute Gasteiger partial charge is 0.326 e. The Balaban J connectivity index is 2.65.